The number of carboxylic acids is 1. The highest BCUT2D eigenvalue weighted by Gasteiger charge is 2.45. The second-order valence-electron chi connectivity index (χ2n) is 7.72. The maximum atomic E-state index is 12.7. The van der Waals surface area contributed by atoms with Crippen molar-refractivity contribution in [3.8, 4) is 0 Å². The van der Waals surface area contributed by atoms with Crippen LogP contribution in [0, 0.1) is 5.41 Å². The molecule has 1 amide bonds. The maximum absolute atomic E-state index is 12.7. The molecule has 27 heavy (non-hydrogen) atoms. The Morgan fingerprint density at radius 1 is 1.04 bits per heavy atom. The lowest BCUT2D eigenvalue weighted by Crippen LogP contribution is -2.42. The summed E-state index contributed by atoms with van der Waals surface area (Å²) in [6, 6.07) is 18.0. The van der Waals surface area contributed by atoms with Crippen molar-refractivity contribution in [1.82, 2.24) is 5.32 Å². The van der Waals surface area contributed by atoms with Crippen LogP contribution in [-0.2, 0) is 22.4 Å². The number of hydrogen-bond donors (Lipinski definition) is 2. The van der Waals surface area contributed by atoms with Gasteiger partial charge in [-0.25, -0.2) is 0 Å². The normalized spacial score (nSPS) is 20.3. The Kier molecular flexibility index (Phi) is 4.60. The number of benzene rings is 2. The van der Waals surface area contributed by atoms with Gasteiger partial charge in [-0.15, -0.1) is 0 Å². The van der Waals surface area contributed by atoms with Gasteiger partial charge in [0.15, 0.2) is 0 Å². The maximum Gasteiger partial charge on any atom is 0.310 e. The van der Waals surface area contributed by atoms with E-state index in [1.54, 1.807) is 0 Å². The van der Waals surface area contributed by atoms with Crippen LogP contribution in [0.4, 0.5) is 5.69 Å². The number of aliphatic carboxylic acids is 1. The van der Waals surface area contributed by atoms with Gasteiger partial charge in [-0.1, -0.05) is 42.5 Å². The lowest BCUT2D eigenvalue weighted by atomic mass is 9.81. The van der Waals surface area contributed by atoms with E-state index in [9.17, 15) is 14.7 Å². The molecular weight excluding hydrogens is 340 g/mol. The molecule has 1 fully saturated rings. The number of carbonyl (C=O) groups is 2. The number of nitrogens with zero attached hydrogens (tertiary/aromatic N) is 1. The number of fused-ring (bicyclic) bond motifs is 1. The summed E-state index contributed by atoms with van der Waals surface area (Å²) >= 11 is 0. The van der Waals surface area contributed by atoms with Crippen LogP contribution in [0.15, 0.2) is 54.6 Å². The smallest absolute Gasteiger partial charge is 0.310 e. The largest absolute Gasteiger partial charge is 0.481 e. The van der Waals surface area contributed by atoms with E-state index in [0.717, 1.165) is 36.3 Å². The third-order valence-corrected chi connectivity index (χ3v) is 5.80. The molecule has 0 aromatic heterocycles. The summed E-state index contributed by atoms with van der Waals surface area (Å²) in [5.74, 6) is -1.05. The van der Waals surface area contributed by atoms with Crippen LogP contribution in [0.5, 0.6) is 0 Å². The fourth-order valence-corrected chi connectivity index (χ4v) is 4.38. The zero-order valence-corrected chi connectivity index (χ0v) is 15.2. The van der Waals surface area contributed by atoms with Gasteiger partial charge in [-0.3, -0.25) is 9.59 Å². The predicted molar refractivity (Wildman–Crippen MR) is 104 cm³/mol. The summed E-state index contributed by atoms with van der Waals surface area (Å²) < 4.78 is 0. The number of hydrogen-bond acceptors (Lipinski definition) is 3. The van der Waals surface area contributed by atoms with E-state index in [2.05, 4.69) is 22.3 Å². The van der Waals surface area contributed by atoms with E-state index in [0.29, 0.717) is 12.8 Å². The van der Waals surface area contributed by atoms with Crippen molar-refractivity contribution in [2.45, 2.75) is 31.7 Å². The Balaban J connectivity index is 1.38. The van der Waals surface area contributed by atoms with Gasteiger partial charge in [0.25, 0.3) is 0 Å². The first-order valence-electron chi connectivity index (χ1n) is 9.45. The molecule has 1 unspecified atom stereocenters. The van der Waals surface area contributed by atoms with Crippen molar-refractivity contribution in [2.24, 2.45) is 5.41 Å². The van der Waals surface area contributed by atoms with Crippen LogP contribution < -0.4 is 10.2 Å². The number of nitrogens with one attached hydrogen (secondary N) is 1. The van der Waals surface area contributed by atoms with Gasteiger partial charge in [0.2, 0.25) is 5.91 Å². The first kappa shape index (κ1) is 17.6. The summed E-state index contributed by atoms with van der Waals surface area (Å²) in [7, 11) is 0. The van der Waals surface area contributed by atoms with Crippen molar-refractivity contribution in [2.75, 3.05) is 18.0 Å². The van der Waals surface area contributed by atoms with E-state index in [1.165, 1.54) is 0 Å². The number of para-hydroxylation sites is 1. The molecule has 0 saturated carbocycles. The molecule has 1 heterocycles. The molecule has 5 nitrogen and oxygen atoms in total. The second-order valence-corrected chi connectivity index (χ2v) is 7.72. The van der Waals surface area contributed by atoms with Crippen LogP contribution in [0.3, 0.4) is 0 Å². The number of rotatable bonds is 5. The highest BCUT2D eigenvalue weighted by atomic mass is 16.4. The van der Waals surface area contributed by atoms with Crippen LogP contribution in [0.2, 0.25) is 0 Å². The van der Waals surface area contributed by atoms with E-state index >= 15 is 0 Å². The molecule has 2 aromatic rings. The predicted octanol–water partition coefficient (Wildman–Crippen LogP) is 2.64. The van der Waals surface area contributed by atoms with E-state index in [1.807, 2.05) is 42.5 Å². The molecule has 2 aromatic carbocycles. The third kappa shape index (κ3) is 3.54. The number of amides is 1. The molecule has 1 aliphatic carbocycles. The SMILES string of the molecule is O=C(CC1(C(=O)O)Cc2ccccc2C1)NC1CCN(c2ccccc2)C1. The zero-order valence-electron chi connectivity index (χ0n) is 15.2. The molecule has 1 aliphatic heterocycles. The van der Waals surface area contributed by atoms with E-state index < -0.39 is 11.4 Å². The minimum Gasteiger partial charge on any atom is -0.481 e. The molecule has 0 spiro atoms. The second kappa shape index (κ2) is 7.06. The van der Waals surface area contributed by atoms with Crippen molar-refractivity contribution in [1.29, 1.82) is 0 Å². The van der Waals surface area contributed by atoms with Gasteiger partial charge in [-0.2, -0.15) is 0 Å². The highest BCUT2D eigenvalue weighted by Crippen LogP contribution is 2.40. The minimum atomic E-state index is -1.02. The molecular formula is C22H24N2O3. The lowest BCUT2D eigenvalue weighted by Gasteiger charge is -2.24. The molecule has 0 bridgehead atoms. The molecule has 0 radical (unpaired) electrons. The van der Waals surface area contributed by atoms with Crippen LogP contribution in [0.25, 0.3) is 0 Å². The van der Waals surface area contributed by atoms with Gasteiger partial charge in [-0.05, 0) is 42.5 Å². The molecule has 140 valence electrons. The monoisotopic (exact) mass is 364 g/mol. The average molecular weight is 364 g/mol. The molecule has 5 heteroatoms. The zero-order chi connectivity index (χ0) is 18.9. The first-order chi connectivity index (χ1) is 13.1. The summed E-state index contributed by atoms with van der Waals surface area (Å²) in [6.45, 7) is 1.65. The number of carboxylic acid groups (broad SMARTS) is 1. The van der Waals surface area contributed by atoms with E-state index in [4.69, 9.17) is 0 Å². The molecule has 2 aliphatic rings. The van der Waals surface area contributed by atoms with Crippen LogP contribution >= 0.6 is 0 Å². The topological polar surface area (TPSA) is 69.6 Å². The van der Waals surface area contributed by atoms with Crippen molar-refractivity contribution < 1.29 is 14.7 Å². The summed E-state index contributed by atoms with van der Waals surface area (Å²) in [5.41, 5.74) is 2.22. The number of carbonyl (C=O) groups excluding carboxylic acids is 1. The van der Waals surface area contributed by atoms with Crippen molar-refractivity contribution >= 4 is 17.6 Å². The molecule has 2 N–H and O–H groups in total. The summed E-state index contributed by atoms with van der Waals surface area (Å²) in [4.78, 5) is 26.9. The Morgan fingerprint density at radius 2 is 1.67 bits per heavy atom. The summed E-state index contributed by atoms with van der Waals surface area (Å²) in [6.07, 6.45) is 1.75. The third-order valence-electron chi connectivity index (χ3n) is 5.80. The number of anilines is 1. The Bertz CT molecular complexity index is 825. The molecule has 4 rings (SSSR count). The lowest BCUT2D eigenvalue weighted by molar-refractivity contribution is -0.151. The van der Waals surface area contributed by atoms with Gasteiger partial charge in [0.05, 0.1) is 5.41 Å². The fraction of sp³-hybridized carbons (Fsp3) is 0.364. The van der Waals surface area contributed by atoms with Gasteiger partial charge >= 0.3 is 5.97 Å². The Hall–Kier alpha value is -2.82. The summed E-state index contributed by atoms with van der Waals surface area (Å²) in [5, 5.41) is 12.9. The van der Waals surface area contributed by atoms with Crippen LogP contribution in [0.1, 0.15) is 24.0 Å². The molecule has 1 atom stereocenters. The van der Waals surface area contributed by atoms with Crippen molar-refractivity contribution in [3.63, 3.8) is 0 Å². The molecule has 1 saturated heterocycles. The van der Waals surface area contributed by atoms with Gasteiger partial charge < -0.3 is 15.3 Å². The van der Waals surface area contributed by atoms with Gasteiger partial charge in [0, 0.05) is 31.2 Å². The van der Waals surface area contributed by atoms with Crippen LogP contribution in [-0.4, -0.2) is 36.1 Å². The highest BCUT2D eigenvalue weighted by molar-refractivity contribution is 5.86. The van der Waals surface area contributed by atoms with Crippen molar-refractivity contribution in [3.05, 3.63) is 65.7 Å². The average Bonchev–Trinajstić information content (AvgIpc) is 3.27. The Labute approximate surface area is 159 Å². The van der Waals surface area contributed by atoms with E-state index in [-0.39, 0.29) is 18.4 Å². The Morgan fingerprint density at radius 3 is 2.30 bits per heavy atom. The standard InChI is InChI=1S/C22H24N2O3/c25-20(23-18-10-11-24(15-18)19-8-2-1-3-9-19)14-22(21(26)27)12-16-6-4-5-7-17(16)13-22/h1-9,18H,10-15H2,(H,23,25)(H,26,27). The first-order valence-corrected chi connectivity index (χ1v) is 9.45. The minimum absolute atomic E-state index is 0.0266. The van der Waals surface area contributed by atoms with Gasteiger partial charge in [0.1, 0.15) is 0 Å². The fourth-order valence-electron chi connectivity index (χ4n) is 4.38. The quantitative estimate of drug-likeness (QED) is 0.856.